The van der Waals surface area contributed by atoms with Crippen molar-refractivity contribution in [1.82, 2.24) is 34.8 Å². The molecule has 74 heavy (non-hydrogen) atoms. The first kappa shape index (κ1) is 51.5. The van der Waals surface area contributed by atoms with Crippen LogP contribution in [0.25, 0.3) is 32.0 Å². The third-order valence-corrected chi connectivity index (χ3v) is 18.0. The second-order valence-corrected chi connectivity index (χ2v) is 22.5. The fourth-order valence-electron chi connectivity index (χ4n) is 11.4. The van der Waals surface area contributed by atoms with Gasteiger partial charge in [0.1, 0.15) is 10.8 Å². The third-order valence-electron chi connectivity index (χ3n) is 15.7. The van der Waals surface area contributed by atoms with E-state index in [-0.39, 0.29) is 53.8 Å². The van der Waals surface area contributed by atoms with Crippen LogP contribution in [-0.4, -0.2) is 118 Å². The van der Waals surface area contributed by atoms with Gasteiger partial charge in [0.2, 0.25) is 5.91 Å². The predicted molar refractivity (Wildman–Crippen MR) is 291 cm³/mol. The van der Waals surface area contributed by atoms with Gasteiger partial charge in [0.15, 0.2) is 0 Å². The quantitative estimate of drug-likeness (QED) is 0.0846. The molecule has 4 aliphatic rings. The third kappa shape index (κ3) is 11.6. The van der Waals surface area contributed by atoms with Crippen LogP contribution in [0.3, 0.4) is 0 Å². The Kier molecular flexibility index (Phi) is 16.5. The average molecular weight is 1030 g/mol. The maximum atomic E-state index is 14.6. The number of carbonyl (C=O) groups excluding carboxylic acids is 4. The van der Waals surface area contributed by atoms with Crippen LogP contribution in [0.1, 0.15) is 103 Å². The van der Waals surface area contributed by atoms with Crippen molar-refractivity contribution in [2.75, 3.05) is 45.7 Å². The summed E-state index contributed by atoms with van der Waals surface area (Å²) in [5.41, 5.74) is 5.89. The molecule has 10 rings (SSSR count). The Bertz CT molecular complexity index is 2890. The number of hydrogen-bond acceptors (Lipinski definition) is 12. The van der Waals surface area contributed by atoms with E-state index in [1.54, 1.807) is 29.5 Å². The molecule has 0 spiro atoms. The summed E-state index contributed by atoms with van der Waals surface area (Å²) in [5, 5.41) is 15.0. The minimum atomic E-state index is -0.806. The van der Waals surface area contributed by atoms with E-state index < -0.39 is 19.0 Å². The number of nitrogens with zero attached hydrogens (tertiary/aromatic N) is 6. The molecule has 4 atom stereocenters. The smallest absolute Gasteiger partial charge is 0.00986 e. The maximum absolute atomic E-state index is 14.6. The zero-order valence-electron chi connectivity index (χ0n) is 42.0. The van der Waals surface area contributed by atoms with Crippen LogP contribution < -0.4 is 5.32 Å². The molecule has 2 aromatic heterocycles. The molecule has 4 aliphatic heterocycles. The normalized spacial score (nSPS) is 19.8. The Morgan fingerprint density at radius 1 is 0.635 bits per heavy atom. The zero-order valence-corrected chi connectivity index (χ0v) is 43.6. The largest absolute Gasteiger partial charge is 0.117 e. The molecule has 4 aromatic carbocycles. The number of likely N-dealkylation sites (tertiary alicyclic amines) is 3. The van der Waals surface area contributed by atoms with Crippen molar-refractivity contribution in [3.05, 3.63) is 143 Å². The molecule has 0 unspecified atom stereocenters. The molecule has 4 fully saturated rings. The van der Waals surface area contributed by atoms with Crippen LogP contribution in [-0.2, 0) is 23.9 Å². The first-order chi connectivity index (χ1) is 36.1. The second kappa shape index (κ2) is 23.7. The van der Waals surface area contributed by atoms with E-state index in [4.69, 9.17) is 9.97 Å². The molecule has 0 saturated carbocycles. The first-order valence-electron chi connectivity index (χ1n) is 26.4. The molecular weight excluding hydrogens is 964 g/mol. The van der Waals surface area contributed by atoms with Gasteiger partial charge in [0.05, 0.1) is 21.7 Å². The Labute approximate surface area is 442 Å². The van der Waals surface area contributed by atoms with E-state index in [1.807, 2.05) is 87.7 Å². The van der Waals surface area contributed by atoms with E-state index >= 15 is 0 Å². The predicted octanol–water partition coefficient (Wildman–Crippen LogP) is 9.07. The van der Waals surface area contributed by atoms with Crippen molar-refractivity contribution < 1.29 is 28.9 Å². The van der Waals surface area contributed by atoms with E-state index in [2.05, 4.69) is 58.7 Å². The number of Topliss-reactive ketones (excluding diaryl/α,β-unsaturated/α-hetero) is 1. The molecule has 13 nitrogen and oxygen atoms in total. The number of aromatic nitrogens is 2. The van der Waals surface area contributed by atoms with Crippen LogP contribution in [0.2, 0.25) is 6.82 Å². The minimum absolute atomic E-state index is 0.0129. The first-order valence-corrected chi connectivity index (χ1v) is 28.0. The molecule has 17 heteroatoms. The van der Waals surface area contributed by atoms with Crippen molar-refractivity contribution in [3.63, 3.8) is 0 Å². The van der Waals surface area contributed by atoms with Gasteiger partial charge in [-0.25, -0.2) is 9.97 Å². The van der Waals surface area contributed by atoms with Crippen molar-refractivity contribution in [2.45, 2.75) is 88.7 Å². The summed E-state index contributed by atoms with van der Waals surface area (Å²) < 4.78 is 11.0. The van der Waals surface area contributed by atoms with Crippen molar-refractivity contribution in [3.8, 4) is 32.0 Å². The number of carbonyl (C=O) groups is 4. The monoisotopic (exact) mass is 1030 g/mol. The molecule has 0 radical (unpaired) electrons. The van der Waals surface area contributed by atoms with Crippen molar-refractivity contribution in [1.29, 1.82) is 0 Å². The van der Waals surface area contributed by atoms with Gasteiger partial charge in [-0.3, -0.25) is 9.59 Å². The summed E-state index contributed by atoms with van der Waals surface area (Å²) in [5.74, 6) is -1.02. The van der Waals surface area contributed by atoms with Crippen LogP contribution in [0.15, 0.2) is 122 Å². The summed E-state index contributed by atoms with van der Waals surface area (Å²) in [6.07, 6.45) is 10.4. The number of benzene rings is 4. The van der Waals surface area contributed by atoms with Crippen molar-refractivity contribution in [2.24, 2.45) is 11.8 Å². The van der Waals surface area contributed by atoms with Gasteiger partial charge in [0.25, 0.3) is 0 Å². The molecule has 4 saturated heterocycles. The molecule has 380 valence electrons. The molecule has 2 N–H and O–H groups in total. The zero-order chi connectivity index (χ0) is 51.1. The molecule has 6 heterocycles. The summed E-state index contributed by atoms with van der Waals surface area (Å²) in [6.45, 7) is 5.69. The molecular formula is C57H63B2N7O6S2. The molecule has 0 aliphatic carbocycles. The Hall–Kier alpha value is -5.97. The molecule has 3 amide bonds. The number of ketones is 1. The van der Waals surface area contributed by atoms with Crippen LogP contribution in [0.5, 0.6) is 0 Å². The van der Waals surface area contributed by atoms with Crippen molar-refractivity contribution >= 4 is 60.4 Å². The summed E-state index contributed by atoms with van der Waals surface area (Å²) >= 11 is 3.23. The van der Waals surface area contributed by atoms with Gasteiger partial charge < -0.3 is 14.7 Å². The topological polar surface area (TPSA) is 156 Å². The summed E-state index contributed by atoms with van der Waals surface area (Å²) in [7, 11) is 0.373. The van der Waals surface area contributed by atoms with Gasteiger partial charge in [-0.15, -0.1) is 22.7 Å². The van der Waals surface area contributed by atoms with Gasteiger partial charge >= 0.3 is 166 Å². The summed E-state index contributed by atoms with van der Waals surface area (Å²) in [6, 6.07) is 35.1. The molecule has 0 bridgehead atoms. The number of amides is 3. The maximum Gasteiger partial charge on any atom is -0.00986 e. The van der Waals surface area contributed by atoms with E-state index in [0.717, 1.165) is 86.0 Å². The van der Waals surface area contributed by atoms with Crippen LogP contribution in [0.4, 0.5) is 0 Å². The van der Waals surface area contributed by atoms with E-state index in [0.29, 0.717) is 71.4 Å². The fourth-order valence-corrected chi connectivity index (χ4v) is 13.6. The standard InChI is InChI=1S/C57H63B2N7O6S2/c1-59(72)64-32-26-41(27-33-64)49(67)34-46(40-10-4-2-5-11-40)56(69)65-28-8-14-47(65)54-60-35-50(73-54)42-20-16-38(17-21-42)39-18-22-43(23-19-39)51-36-61-55(74-51)48-15-9-29-66(48)57(70)52(44-12-6-3-7-13-44)62-53(68)45-24-30-63(31-25-45)37-58-71/h2-7,10-13,16-23,35-36,41,45-48,52,72H,8-9,14-15,24-34,37H2,1H3,(H,62,68)/t46-,47+,48+,52-/m1/s1. The average Bonchev–Trinajstić information content (AvgIpc) is 4.31. The number of rotatable bonds is 17. The molecule has 6 aromatic rings. The Morgan fingerprint density at radius 3 is 1.64 bits per heavy atom. The van der Waals surface area contributed by atoms with Gasteiger partial charge in [-0.1, -0.05) is 78.9 Å². The number of nitrogens with one attached hydrogen (secondary N) is 1. The van der Waals surface area contributed by atoms with E-state index in [1.165, 1.54) is 0 Å². The van der Waals surface area contributed by atoms with Gasteiger partial charge in [-0.05, 0) is 73.4 Å². The second-order valence-electron chi connectivity index (χ2n) is 20.3. The SMILES string of the molecule is CB(O)N1CCC(C(=O)C[C@@H](C(=O)N2CCC[C@H]2c2ncc(-c3ccc(-c4ccc(-c5cnc([C@@H]6CCCN6C(=O)[C@H](NC(=O)C6CCN(CB=O)CC6)c6ccccc6)s5)cc4)cc3)s2)c2ccccc2)CC1. The van der Waals surface area contributed by atoms with E-state index in [9.17, 15) is 28.9 Å². The van der Waals surface area contributed by atoms with Gasteiger partial charge in [0, 0.05) is 31.3 Å². The minimum Gasteiger partial charge on any atom is -0.117 e. The van der Waals surface area contributed by atoms with Gasteiger partial charge in [-0.2, -0.15) is 0 Å². The number of thiazole rings is 2. The number of hydrogen-bond donors (Lipinski definition) is 2. The number of piperidine rings is 2. The van der Waals surface area contributed by atoms with Crippen LogP contribution >= 0.6 is 22.7 Å². The Balaban J connectivity index is 0.774. The summed E-state index contributed by atoms with van der Waals surface area (Å²) in [4.78, 5) is 76.2. The Morgan fingerprint density at radius 2 is 1.12 bits per heavy atom. The van der Waals surface area contributed by atoms with Crippen LogP contribution in [0, 0.1) is 11.8 Å². The fraction of sp³-hybridized carbons (Fsp3) is 0.404.